The lowest BCUT2D eigenvalue weighted by molar-refractivity contribution is -0.150. The van der Waals surface area contributed by atoms with E-state index >= 15 is 0 Å². The molecule has 8 heteroatoms. The number of oxime groups is 1. The standard InChI is InChI=1S/C16H13NO2.C8H14N2O3.C4H10/c1-2-9-19-11-7-8-13-12-5-3-4-6-14(12)16(17-18)15(13)10-11;1-13-8(12)6-3-2-4-10(6)7(11)5-9;1-4(2)3/h2-8,10,18H,1,9H2;6H,2-5,9H2,1H3;4H,1-3H3/b17-16-;;. The van der Waals surface area contributed by atoms with Crippen LogP contribution in [-0.4, -0.2) is 60.5 Å². The van der Waals surface area contributed by atoms with E-state index in [2.05, 4.69) is 37.2 Å². The zero-order valence-electron chi connectivity index (χ0n) is 21.6. The van der Waals surface area contributed by atoms with Gasteiger partial charge in [0.25, 0.3) is 0 Å². The fourth-order valence-corrected chi connectivity index (χ4v) is 3.94. The molecule has 1 unspecified atom stereocenters. The molecule has 1 aliphatic carbocycles. The fraction of sp³-hybridized carbons (Fsp3) is 0.393. The molecule has 3 N–H and O–H groups in total. The highest BCUT2D eigenvalue weighted by Crippen LogP contribution is 2.38. The predicted molar refractivity (Wildman–Crippen MR) is 141 cm³/mol. The minimum atomic E-state index is -0.416. The predicted octanol–water partition coefficient (Wildman–Crippen LogP) is 4.23. The molecule has 8 nitrogen and oxygen atoms in total. The van der Waals surface area contributed by atoms with Crippen LogP contribution in [0.1, 0.15) is 44.7 Å². The van der Waals surface area contributed by atoms with E-state index in [0.717, 1.165) is 40.3 Å². The number of carbonyl (C=O) groups excluding carboxylic acids is 2. The highest BCUT2D eigenvalue weighted by atomic mass is 16.5. The van der Waals surface area contributed by atoms with Crippen LogP contribution in [0.5, 0.6) is 5.75 Å². The Morgan fingerprint density at radius 2 is 1.81 bits per heavy atom. The van der Waals surface area contributed by atoms with Crippen LogP contribution in [0, 0.1) is 5.92 Å². The molecule has 1 amide bonds. The van der Waals surface area contributed by atoms with Crippen molar-refractivity contribution in [1.29, 1.82) is 0 Å². The van der Waals surface area contributed by atoms with Crippen LogP contribution in [0.3, 0.4) is 0 Å². The molecule has 1 atom stereocenters. The minimum Gasteiger partial charge on any atom is -0.490 e. The molecule has 2 aromatic rings. The van der Waals surface area contributed by atoms with Gasteiger partial charge in [0, 0.05) is 17.7 Å². The Hall–Kier alpha value is -3.65. The van der Waals surface area contributed by atoms with Gasteiger partial charge in [0.2, 0.25) is 5.91 Å². The molecule has 1 aliphatic heterocycles. The van der Waals surface area contributed by atoms with Gasteiger partial charge in [-0.05, 0) is 48.1 Å². The number of benzene rings is 2. The quantitative estimate of drug-likeness (QED) is 0.237. The Kier molecular flexibility index (Phi) is 11.1. The van der Waals surface area contributed by atoms with Crippen molar-refractivity contribution in [1.82, 2.24) is 4.90 Å². The van der Waals surface area contributed by atoms with Gasteiger partial charge in [-0.3, -0.25) is 4.79 Å². The number of esters is 1. The van der Waals surface area contributed by atoms with Crippen LogP contribution in [-0.2, 0) is 14.3 Å². The number of likely N-dealkylation sites (tertiary alicyclic amines) is 1. The first-order chi connectivity index (χ1) is 17.3. The molecular formula is C28H37N3O5. The van der Waals surface area contributed by atoms with E-state index in [1.165, 1.54) is 12.0 Å². The number of carbonyl (C=O) groups is 2. The normalized spacial score (nSPS) is 16.2. The molecule has 2 aliphatic rings. The van der Waals surface area contributed by atoms with Gasteiger partial charge in [0.05, 0.1) is 13.7 Å². The first kappa shape index (κ1) is 28.6. The van der Waals surface area contributed by atoms with Gasteiger partial charge in [0.15, 0.2) is 0 Å². The minimum absolute atomic E-state index is 0.0481. The number of rotatable bonds is 5. The van der Waals surface area contributed by atoms with Gasteiger partial charge in [-0.2, -0.15) is 0 Å². The number of amides is 1. The van der Waals surface area contributed by atoms with Gasteiger partial charge in [-0.15, -0.1) is 0 Å². The van der Waals surface area contributed by atoms with Crippen LogP contribution in [0.4, 0.5) is 0 Å². The van der Waals surface area contributed by atoms with Crippen molar-refractivity contribution < 1.29 is 24.3 Å². The zero-order valence-corrected chi connectivity index (χ0v) is 21.6. The summed E-state index contributed by atoms with van der Waals surface area (Å²) in [5.41, 5.74) is 9.79. The lowest BCUT2D eigenvalue weighted by Crippen LogP contribution is -2.43. The lowest BCUT2D eigenvalue weighted by Gasteiger charge is -2.21. The maximum atomic E-state index is 11.2. The number of hydrogen-bond acceptors (Lipinski definition) is 7. The second-order valence-electron chi connectivity index (χ2n) is 9.01. The van der Waals surface area contributed by atoms with Crippen LogP contribution in [0.15, 0.2) is 60.3 Å². The molecule has 0 saturated carbocycles. The van der Waals surface area contributed by atoms with Gasteiger partial charge in [0.1, 0.15) is 24.1 Å². The SMILES string of the molecule is C=CCOc1ccc2c(c1)/C(=N\O)c1ccccc1-2.CC(C)C.COC(=O)C1CCCN1C(=O)CN. The molecular weight excluding hydrogens is 458 g/mol. The fourth-order valence-electron chi connectivity index (χ4n) is 3.94. The van der Waals surface area contributed by atoms with Crippen LogP contribution in [0.2, 0.25) is 0 Å². The third-order valence-corrected chi connectivity index (χ3v) is 5.41. The molecule has 0 bridgehead atoms. The molecule has 36 heavy (non-hydrogen) atoms. The van der Waals surface area contributed by atoms with Gasteiger partial charge >= 0.3 is 5.97 Å². The van der Waals surface area contributed by atoms with E-state index in [-0.39, 0.29) is 18.4 Å². The summed E-state index contributed by atoms with van der Waals surface area (Å²) in [7, 11) is 1.33. The molecule has 1 heterocycles. The highest BCUT2D eigenvalue weighted by molar-refractivity contribution is 6.24. The second kappa shape index (κ2) is 14.0. The Balaban J connectivity index is 0.000000234. The number of fused-ring (bicyclic) bond motifs is 3. The van der Waals surface area contributed by atoms with Crippen molar-refractivity contribution in [2.75, 3.05) is 26.8 Å². The third kappa shape index (κ3) is 7.18. The van der Waals surface area contributed by atoms with E-state index in [1.54, 1.807) is 6.08 Å². The maximum absolute atomic E-state index is 11.2. The van der Waals surface area contributed by atoms with Gasteiger partial charge < -0.3 is 25.3 Å². The molecule has 1 fully saturated rings. The summed E-state index contributed by atoms with van der Waals surface area (Å²) in [6, 6.07) is 13.3. The van der Waals surface area contributed by atoms with Gasteiger partial charge in [-0.25, -0.2) is 4.79 Å². The largest absolute Gasteiger partial charge is 0.490 e. The third-order valence-electron chi connectivity index (χ3n) is 5.41. The monoisotopic (exact) mass is 495 g/mol. The Morgan fingerprint density at radius 1 is 1.17 bits per heavy atom. The summed E-state index contributed by atoms with van der Waals surface area (Å²) >= 11 is 0. The smallest absolute Gasteiger partial charge is 0.328 e. The average Bonchev–Trinajstić information content (AvgIpc) is 3.49. The topological polar surface area (TPSA) is 114 Å². The van der Waals surface area contributed by atoms with Crippen molar-refractivity contribution in [3.05, 3.63) is 66.2 Å². The van der Waals surface area contributed by atoms with Crippen molar-refractivity contribution in [2.24, 2.45) is 16.8 Å². The average molecular weight is 496 g/mol. The molecule has 4 rings (SSSR count). The molecule has 0 radical (unpaired) electrons. The number of ether oxygens (including phenoxy) is 2. The molecule has 0 spiro atoms. The summed E-state index contributed by atoms with van der Waals surface area (Å²) in [5.74, 6) is 1.04. The Morgan fingerprint density at radius 3 is 2.39 bits per heavy atom. The van der Waals surface area contributed by atoms with Crippen molar-refractivity contribution in [3.8, 4) is 16.9 Å². The van der Waals surface area contributed by atoms with Crippen molar-refractivity contribution in [2.45, 2.75) is 39.7 Å². The number of hydrogen-bond donors (Lipinski definition) is 2. The summed E-state index contributed by atoms with van der Waals surface area (Å²) in [6.45, 7) is 11.1. The van der Waals surface area contributed by atoms with Gasteiger partial charge in [-0.1, -0.05) is 62.8 Å². The lowest BCUT2D eigenvalue weighted by atomic mass is 10.1. The number of methoxy groups -OCH3 is 1. The first-order valence-electron chi connectivity index (χ1n) is 12.1. The van der Waals surface area contributed by atoms with E-state index in [1.807, 2.05) is 42.5 Å². The van der Waals surface area contributed by atoms with Crippen LogP contribution >= 0.6 is 0 Å². The van der Waals surface area contributed by atoms with Crippen molar-refractivity contribution in [3.63, 3.8) is 0 Å². The molecule has 1 saturated heterocycles. The highest BCUT2D eigenvalue weighted by Gasteiger charge is 2.33. The van der Waals surface area contributed by atoms with Crippen LogP contribution in [0.25, 0.3) is 11.1 Å². The molecule has 2 aromatic carbocycles. The maximum Gasteiger partial charge on any atom is 0.328 e. The summed E-state index contributed by atoms with van der Waals surface area (Å²) in [6.07, 6.45) is 3.22. The Bertz CT molecular complexity index is 1060. The van der Waals surface area contributed by atoms with E-state index in [4.69, 9.17) is 10.5 Å². The van der Waals surface area contributed by atoms with E-state index < -0.39 is 6.04 Å². The number of nitrogens with two attached hydrogens (primary N) is 1. The zero-order chi connectivity index (χ0) is 26.7. The summed E-state index contributed by atoms with van der Waals surface area (Å²) in [4.78, 5) is 23.9. The summed E-state index contributed by atoms with van der Waals surface area (Å²) in [5, 5.41) is 12.7. The van der Waals surface area contributed by atoms with Crippen molar-refractivity contribution >= 4 is 17.6 Å². The Labute approximate surface area is 213 Å². The second-order valence-corrected chi connectivity index (χ2v) is 9.01. The molecule has 0 aromatic heterocycles. The molecule has 194 valence electrons. The van der Waals surface area contributed by atoms with Crippen LogP contribution < -0.4 is 10.5 Å². The number of nitrogens with zero attached hydrogens (tertiary/aromatic N) is 2. The first-order valence-corrected chi connectivity index (χ1v) is 12.1. The van der Waals surface area contributed by atoms with E-state index in [0.29, 0.717) is 25.3 Å². The van der Waals surface area contributed by atoms with E-state index in [9.17, 15) is 14.8 Å². The summed E-state index contributed by atoms with van der Waals surface area (Å²) < 4.78 is 10.1.